The van der Waals surface area contributed by atoms with E-state index in [2.05, 4.69) is 5.48 Å². The van der Waals surface area contributed by atoms with Crippen molar-refractivity contribution in [3.8, 4) is 5.75 Å². The first kappa shape index (κ1) is 18.8. The number of para-hydroxylation sites is 1. The Morgan fingerprint density at radius 2 is 1.68 bits per heavy atom. The van der Waals surface area contributed by atoms with Gasteiger partial charge in [-0.2, -0.15) is 5.48 Å². The van der Waals surface area contributed by atoms with Crippen LogP contribution in [0, 0.1) is 0 Å². The molecule has 5 nitrogen and oxygen atoms in total. The minimum atomic E-state index is -0.596. The predicted molar refractivity (Wildman–Crippen MR) is 96.2 cm³/mol. The fourth-order valence-corrected chi connectivity index (χ4v) is 2.16. The van der Waals surface area contributed by atoms with E-state index in [-0.39, 0.29) is 0 Å². The molecule has 25 heavy (non-hydrogen) atoms. The minimum absolute atomic E-state index is 0.324. The molecule has 0 spiro atoms. The van der Waals surface area contributed by atoms with E-state index in [1.807, 2.05) is 54.6 Å². The summed E-state index contributed by atoms with van der Waals surface area (Å²) in [7, 11) is 0. The van der Waals surface area contributed by atoms with Crippen LogP contribution in [0.2, 0.25) is 0 Å². The zero-order chi connectivity index (χ0) is 18.1. The Hall–Kier alpha value is -2.53. The van der Waals surface area contributed by atoms with Crippen LogP contribution in [0.1, 0.15) is 31.9 Å². The first-order chi connectivity index (χ1) is 11.9. The van der Waals surface area contributed by atoms with Gasteiger partial charge in [0, 0.05) is 6.42 Å². The van der Waals surface area contributed by atoms with E-state index in [1.165, 1.54) is 0 Å². The first-order valence-electron chi connectivity index (χ1n) is 8.29. The molecule has 0 unspecified atom stereocenters. The fraction of sp³-hybridized carbons (Fsp3) is 0.350. The van der Waals surface area contributed by atoms with E-state index in [4.69, 9.17) is 14.3 Å². The molecule has 0 saturated carbocycles. The number of carbonyl (C=O) groups is 1. The van der Waals surface area contributed by atoms with Crippen LogP contribution in [0.4, 0.5) is 4.79 Å². The second-order valence-electron chi connectivity index (χ2n) is 6.58. The molecule has 0 aliphatic carbocycles. The summed E-state index contributed by atoms with van der Waals surface area (Å²) in [5.74, 6) is 0.812. The van der Waals surface area contributed by atoms with Crippen LogP contribution in [0.15, 0.2) is 54.6 Å². The van der Waals surface area contributed by atoms with Gasteiger partial charge in [-0.15, -0.1) is 0 Å². The van der Waals surface area contributed by atoms with E-state index in [0.717, 1.165) is 16.9 Å². The molecule has 0 bridgehead atoms. The molecular formula is C20H25NO4. The highest BCUT2D eigenvalue weighted by atomic mass is 16.7. The maximum Gasteiger partial charge on any atom is 0.431 e. The van der Waals surface area contributed by atoms with Crippen molar-refractivity contribution in [1.82, 2.24) is 5.48 Å². The highest BCUT2D eigenvalue weighted by Crippen LogP contribution is 2.20. The molecule has 0 atom stereocenters. The van der Waals surface area contributed by atoms with Gasteiger partial charge in [0.25, 0.3) is 0 Å². The first-order valence-corrected chi connectivity index (χ1v) is 8.29. The van der Waals surface area contributed by atoms with E-state index in [0.29, 0.717) is 19.6 Å². The lowest BCUT2D eigenvalue weighted by Gasteiger charge is -2.19. The molecule has 0 radical (unpaired) electrons. The summed E-state index contributed by atoms with van der Waals surface area (Å²) in [5.41, 5.74) is 3.86. The zero-order valence-corrected chi connectivity index (χ0v) is 15.0. The Balaban J connectivity index is 1.79. The molecular weight excluding hydrogens is 318 g/mol. The third kappa shape index (κ3) is 7.27. The minimum Gasteiger partial charge on any atom is -0.489 e. The van der Waals surface area contributed by atoms with Crippen molar-refractivity contribution < 1.29 is 19.1 Å². The van der Waals surface area contributed by atoms with Gasteiger partial charge in [0.2, 0.25) is 0 Å². The van der Waals surface area contributed by atoms with Crippen molar-refractivity contribution in [2.24, 2.45) is 0 Å². The van der Waals surface area contributed by atoms with Gasteiger partial charge in [-0.1, -0.05) is 48.5 Å². The van der Waals surface area contributed by atoms with Crippen LogP contribution in [-0.4, -0.2) is 18.3 Å². The number of rotatable bonds is 7. The molecule has 0 aromatic heterocycles. The molecule has 0 aliphatic heterocycles. The van der Waals surface area contributed by atoms with Crippen LogP contribution >= 0.6 is 0 Å². The Bertz CT molecular complexity index is 665. The van der Waals surface area contributed by atoms with E-state index in [9.17, 15) is 4.79 Å². The summed E-state index contributed by atoms with van der Waals surface area (Å²) in [6.07, 6.45) is 0.0157. The summed E-state index contributed by atoms with van der Waals surface area (Å²) in [6, 6.07) is 17.8. The quantitative estimate of drug-likeness (QED) is 0.603. The summed E-state index contributed by atoms with van der Waals surface area (Å²) in [5, 5.41) is 0. The summed E-state index contributed by atoms with van der Waals surface area (Å²) in [4.78, 5) is 16.7. The van der Waals surface area contributed by atoms with E-state index in [1.54, 1.807) is 20.8 Å². The highest BCUT2D eigenvalue weighted by Gasteiger charge is 2.16. The van der Waals surface area contributed by atoms with Gasteiger partial charge in [0.15, 0.2) is 0 Å². The highest BCUT2D eigenvalue weighted by molar-refractivity contribution is 5.66. The lowest BCUT2D eigenvalue weighted by atomic mass is 10.1. The average Bonchev–Trinajstić information content (AvgIpc) is 2.57. The Kier molecular flexibility index (Phi) is 6.83. The number of benzene rings is 2. The summed E-state index contributed by atoms with van der Waals surface area (Å²) < 4.78 is 11.0. The molecule has 0 saturated heterocycles. The standard InChI is InChI=1S/C20H25NO4/c1-20(2,3)25-19(22)21-24-14-13-17-11-7-8-12-18(17)23-15-16-9-5-4-6-10-16/h4-12H,13-15H2,1-3H3,(H,21,22). The van der Waals surface area contributed by atoms with Gasteiger partial charge in [0.05, 0.1) is 6.61 Å². The maximum absolute atomic E-state index is 11.5. The SMILES string of the molecule is CC(C)(C)OC(=O)NOCCc1ccccc1OCc1ccccc1. The Morgan fingerprint density at radius 3 is 2.40 bits per heavy atom. The monoisotopic (exact) mass is 343 g/mol. The van der Waals surface area contributed by atoms with Gasteiger partial charge in [-0.3, -0.25) is 4.84 Å². The molecule has 0 aliphatic rings. The molecule has 2 rings (SSSR count). The number of ether oxygens (including phenoxy) is 2. The number of hydroxylamine groups is 1. The topological polar surface area (TPSA) is 56.8 Å². The summed E-state index contributed by atoms with van der Waals surface area (Å²) in [6.45, 7) is 6.23. The number of nitrogens with one attached hydrogen (secondary N) is 1. The second kappa shape index (κ2) is 9.08. The summed E-state index contributed by atoms with van der Waals surface area (Å²) >= 11 is 0. The maximum atomic E-state index is 11.5. The van der Waals surface area contributed by atoms with Crippen molar-refractivity contribution in [3.63, 3.8) is 0 Å². The van der Waals surface area contributed by atoms with Crippen molar-refractivity contribution in [2.75, 3.05) is 6.61 Å². The molecule has 0 heterocycles. The molecule has 0 fully saturated rings. The second-order valence-corrected chi connectivity index (χ2v) is 6.58. The van der Waals surface area contributed by atoms with Crippen molar-refractivity contribution in [3.05, 3.63) is 65.7 Å². The third-order valence-corrected chi connectivity index (χ3v) is 3.24. The van der Waals surface area contributed by atoms with Crippen LogP contribution in [0.5, 0.6) is 5.75 Å². The molecule has 2 aromatic carbocycles. The van der Waals surface area contributed by atoms with Crippen LogP contribution < -0.4 is 10.2 Å². The third-order valence-electron chi connectivity index (χ3n) is 3.24. The van der Waals surface area contributed by atoms with E-state index < -0.39 is 11.7 Å². The van der Waals surface area contributed by atoms with Gasteiger partial charge >= 0.3 is 6.09 Å². The number of hydrogen-bond donors (Lipinski definition) is 1. The van der Waals surface area contributed by atoms with Crippen LogP contribution in [0.25, 0.3) is 0 Å². The van der Waals surface area contributed by atoms with Crippen LogP contribution in [0.3, 0.4) is 0 Å². The van der Waals surface area contributed by atoms with E-state index >= 15 is 0 Å². The fourth-order valence-electron chi connectivity index (χ4n) is 2.16. The predicted octanol–water partition coefficient (Wildman–Crippen LogP) is 4.26. The number of carbonyl (C=O) groups excluding carboxylic acids is 1. The molecule has 5 heteroatoms. The van der Waals surface area contributed by atoms with Crippen molar-refractivity contribution in [2.45, 2.75) is 39.4 Å². The van der Waals surface area contributed by atoms with Crippen LogP contribution in [-0.2, 0) is 22.6 Å². The van der Waals surface area contributed by atoms with Gasteiger partial charge in [-0.05, 0) is 38.0 Å². The average molecular weight is 343 g/mol. The largest absolute Gasteiger partial charge is 0.489 e. The molecule has 1 N–H and O–H groups in total. The molecule has 2 aromatic rings. The van der Waals surface area contributed by atoms with Gasteiger partial charge in [-0.25, -0.2) is 4.79 Å². The molecule has 134 valence electrons. The van der Waals surface area contributed by atoms with Crippen molar-refractivity contribution >= 4 is 6.09 Å². The number of hydrogen-bond acceptors (Lipinski definition) is 4. The Labute approximate surface area is 148 Å². The lowest BCUT2D eigenvalue weighted by Crippen LogP contribution is -2.33. The van der Waals surface area contributed by atoms with Gasteiger partial charge in [0.1, 0.15) is 18.0 Å². The Morgan fingerprint density at radius 1 is 1.00 bits per heavy atom. The van der Waals surface area contributed by atoms with Gasteiger partial charge < -0.3 is 9.47 Å². The zero-order valence-electron chi connectivity index (χ0n) is 15.0. The molecule has 1 amide bonds. The number of amides is 1. The normalized spacial score (nSPS) is 11.0. The van der Waals surface area contributed by atoms with Crippen molar-refractivity contribution in [1.29, 1.82) is 0 Å². The lowest BCUT2D eigenvalue weighted by molar-refractivity contribution is -0.00694. The smallest absolute Gasteiger partial charge is 0.431 e.